The summed E-state index contributed by atoms with van der Waals surface area (Å²) in [5.41, 5.74) is 0.987. The Morgan fingerprint density at radius 1 is 1.70 bits per heavy atom. The van der Waals surface area contributed by atoms with Gasteiger partial charge in [-0.2, -0.15) is 0 Å². The second-order valence-electron chi connectivity index (χ2n) is 2.36. The van der Waals surface area contributed by atoms with Crippen LogP contribution < -0.4 is 0 Å². The Kier molecular flexibility index (Phi) is 4.85. The minimum Gasteiger partial charge on any atom is -0.393 e. The average molecular weight is 141 g/mol. The molecule has 0 radical (unpaired) electrons. The zero-order valence-corrected chi connectivity index (χ0v) is 6.59. The van der Waals surface area contributed by atoms with Crippen LogP contribution in [0.5, 0.6) is 0 Å². The van der Waals surface area contributed by atoms with Gasteiger partial charge in [-0.05, 0) is 25.3 Å². The van der Waals surface area contributed by atoms with Gasteiger partial charge in [-0.15, -0.1) is 0 Å². The lowest BCUT2D eigenvalue weighted by Crippen LogP contribution is -1.97. The maximum Gasteiger partial charge on any atom is 0.0546 e. The van der Waals surface area contributed by atoms with Gasteiger partial charge in [0.25, 0.3) is 0 Å². The van der Waals surface area contributed by atoms with E-state index in [4.69, 9.17) is 10.5 Å². The molecule has 0 aliphatic rings. The third-order valence-electron chi connectivity index (χ3n) is 1.31. The molecule has 1 unspecified atom stereocenters. The minimum absolute atomic E-state index is 0.290. The summed E-state index contributed by atoms with van der Waals surface area (Å²) in [6.45, 7) is 3.74. The maximum atomic E-state index is 8.87. The van der Waals surface area contributed by atoms with Crippen molar-refractivity contribution < 1.29 is 5.11 Å². The van der Waals surface area contributed by atoms with E-state index in [0.29, 0.717) is 6.42 Å². The number of rotatable bonds is 4. The highest BCUT2D eigenvalue weighted by atomic mass is 16.3. The Balaban J connectivity index is 3.74. The summed E-state index contributed by atoms with van der Waals surface area (Å²) in [6, 6.07) is 0. The Morgan fingerprint density at radius 2 is 2.30 bits per heavy atom. The summed E-state index contributed by atoms with van der Waals surface area (Å²) in [7, 11) is 0. The van der Waals surface area contributed by atoms with Crippen molar-refractivity contribution >= 4 is 6.21 Å². The molecule has 1 atom stereocenters. The molecule has 0 bridgehead atoms. The van der Waals surface area contributed by atoms with Crippen LogP contribution in [0.15, 0.2) is 11.6 Å². The molecule has 0 rings (SSSR count). The first-order valence-electron chi connectivity index (χ1n) is 3.58. The molecule has 0 saturated carbocycles. The first-order valence-corrected chi connectivity index (χ1v) is 3.58. The molecule has 0 spiro atoms. The first kappa shape index (κ1) is 9.37. The fourth-order valence-corrected chi connectivity index (χ4v) is 0.627. The molecule has 0 aliphatic heterocycles. The summed E-state index contributed by atoms with van der Waals surface area (Å²) in [5, 5.41) is 15.8. The SMILES string of the molecule is CC/C(C=N)=C\CC(C)O. The van der Waals surface area contributed by atoms with Gasteiger partial charge in [0.1, 0.15) is 0 Å². The highest BCUT2D eigenvalue weighted by Gasteiger charge is 1.92. The molecule has 0 amide bonds. The van der Waals surface area contributed by atoms with Gasteiger partial charge < -0.3 is 10.5 Å². The third kappa shape index (κ3) is 4.27. The van der Waals surface area contributed by atoms with Crippen LogP contribution in [0.2, 0.25) is 0 Å². The summed E-state index contributed by atoms with van der Waals surface area (Å²) in [4.78, 5) is 0. The van der Waals surface area contributed by atoms with E-state index in [1.807, 2.05) is 13.0 Å². The molecule has 0 aromatic rings. The fourth-order valence-electron chi connectivity index (χ4n) is 0.627. The lowest BCUT2D eigenvalue weighted by Gasteiger charge is -1.98. The molecular formula is C8H15NO. The zero-order chi connectivity index (χ0) is 7.98. The van der Waals surface area contributed by atoms with E-state index in [1.165, 1.54) is 6.21 Å². The Bertz CT molecular complexity index is 127. The summed E-state index contributed by atoms with van der Waals surface area (Å²) >= 11 is 0. The number of allylic oxidation sites excluding steroid dienone is 1. The van der Waals surface area contributed by atoms with Gasteiger partial charge in [-0.1, -0.05) is 13.0 Å². The quantitative estimate of drug-likeness (QED) is 0.575. The molecular weight excluding hydrogens is 126 g/mol. The van der Waals surface area contributed by atoms with Crippen LogP contribution in [-0.2, 0) is 0 Å². The summed E-state index contributed by atoms with van der Waals surface area (Å²) < 4.78 is 0. The van der Waals surface area contributed by atoms with Gasteiger partial charge in [-0.25, -0.2) is 0 Å². The van der Waals surface area contributed by atoms with Crippen molar-refractivity contribution in [3.8, 4) is 0 Å². The van der Waals surface area contributed by atoms with Crippen molar-refractivity contribution in [2.24, 2.45) is 0 Å². The predicted octanol–water partition coefficient (Wildman–Crippen LogP) is 1.74. The van der Waals surface area contributed by atoms with E-state index >= 15 is 0 Å². The number of nitrogens with one attached hydrogen (secondary N) is 1. The van der Waals surface area contributed by atoms with E-state index in [9.17, 15) is 0 Å². The predicted molar refractivity (Wildman–Crippen MR) is 43.5 cm³/mol. The van der Waals surface area contributed by atoms with Crippen molar-refractivity contribution in [1.82, 2.24) is 0 Å². The van der Waals surface area contributed by atoms with E-state index in [2.05, 4.69) is 0 Å². The average Bonchev–Trinajstić information content (AvgIpc) is 1.90. The fraction of sp³-hybridized carbons (Fsp3) is 0.625. The normalized spacial score (nSPS) is 14.9. The van der Waals surface area contributed by atoms with Crippen LogP contribution in [0.4, 0.5) is 0 Å². The number of aliphatic hydroxyl groups is 1. The first-order chi connectivity index (χ1) is 4.70. The molecule has 2 nitrogen and oxygen atoms in total. The molecule has 0 aromatic carbocycles. The lowest BCUT2D eigenvalue weighted by atomic mass is 10.1. The Morgan fingerprint density at radius 3 is 2.60 bits per heavy atom. The molecule has 0 fully saturated rings. The van der Waals surface area contributed by atoms with E-state index in [0.717, 1.165) is 12.0 Å². The maximum absolute atomic E-state index is 8.87. The van der Waals surface area contributed by atoms with Gasteiger partial charge in [-0.3, -0.25) is 0 Å². The molecule has 10 heavy (non-hydrogen) atoms. The highest BCUT2D eigenvalue weighted by molar-refractivity contribution is 5.75. The molecule has 0 heterocycles. The minimum atomic E-state index is -0.290. The van der Waals surface area contributed by atoms with E-state index < -0.39 is 0 Å². The zero-order valence-electron chi connectivity index (χ0n) is 6.59. The van der Waals surface area contributed by atoms with Crippen molar-refractivity contribution in [2.75, 3.05) is 0 Å². The van der Waals surface area contributed by atoms with Crippen molar-refractivity contribution in [1.29, 1.82) is 5.41 Å². The highest BCUT2D eigenvalue weighted by Crippen LogP contribution is 2.00. The van der Waals surface area contributed by atoms with Gasteiger partial charge in [0.05, 0.1) is 6.10 Å². The van der Waals surface area contributed by atoms with Crippen LogP contribution in [0.1, 0.15) is 26.7 Å². The Hall–Kier alpha value is -0.630. The van der Waals surface area contributed by atoms with Gasteiger partial charge >= 0.3 is 0 Å². The van der Waals surface area contributed by atoms with Gasteiger partial charge in [0.15, 0.2) is 0 Å². The molecule has 2 heteroatoms. The monoisotopic (exact) mass is 141 g/mol. The molecule has 0 aromatic heterocycles. The number of aliphatic hydroxyl groups excluding tert-OH is 1. The largest absolute Gasteiger partial charge is 0.393 e. The molecule has 0 aliphatic carbocycles. The Labute approximate surface area is 62.1 Å². The van der Waals surface area contributed by atoms with Gasteiger partial charge in [0, 0.05) is 6.21 Å². The van der Waals surface area contributed by atoms with Crippen LogP contribution >= 0.6 is 0 Å². The standard InChI is InChI=1S/C8H15NO/c1-3-8(6-9)5-4-7(2)10/h5-7,9-10H,3-4H2,1-2H3/b8-5+,9-6?. The van der Waals surface area contributed by atoms with Crippen LogP contribution in [-0.4, -0.2) is 17.4 Å². The summed E-state index contributed by atoms with van der Waals surface area (Å²) in [5.74, 6) is 0. The van der Waals surface area contributed by atoms with Gasteiger partial charge in [0.2, 0.25) is 0 Å². The molecule has 0 saturated heterocycles. The smallest absolute Gasteiger partial charge is 0.0546 e. The van der Waals surface area contributed by atoms with Crippen molar-refractivity contribution in [2.45, 2.75) is 32.8 Å². The van der Waals surface area contributed by atoms with Crippen LogP contribution in [0.3, 0.4) is 0 Å². The van der Waals surface area contributed by atoms with E-state index in [-0.39, 0.29) is 6.10 Å². The topological polar surface area (TPSA) is 44.1 Å². The molecule has 58 valence electrons. The molecule has 2 N–H and O–H groups in total. The summed E-state index contributed by atoms with van der Waals surface area (Å²) in [6.07, 6.45) is 4.47. The lowest BCUT2D eigenvalue weighted by molar-refractivity contribution is 0.198. The number of hydrogen-bond donors (Lipinski definition) is 2. The van der Waals surface area contributed by atoms with Crippen molar-refractivity contribution in [3.05, 3.63) is 11.6 Å². The third-order valence-corrected chi connectivity index (χ3v) is 1.31. The van der Waals surface area contributed by atoms with E-state index in [1.54, 1.807) is 6.92 Å². The second kappa shape index (κ2) is 5.18. The van der Waals surface area contributed by atoms with Crippen molar-refractivity contribution in [3.63, 3.8) is 0 Å². The van der Waals surface area contributed by atoms with Crippen LogP contribution in [0, 0.1) is 5.41 Å². The number of hydrogen-bond acceptors (Lipinski definition) is 2. The van der Waals surface area contributed by atoms with Crippen LogP contribution in [0.25, 0.3) is 0 Å². The second-order valence-corrected chi connectivity index (χ2v) is 2.36.